The number of hydrogen-bond acceptors (Lipinski definition) is 6. The van der Waals surface area contributed by atoms with Crippen molar-refractivity contribution in [2.24, 2.45) is 0 Å². The molecule has 6 nitrogen and oxygen atoms in total. The van der Waals surface area contributed by atoms with Crippen LogP contribution < -0.4 is 9.47 Å². The Hall–Kier alpha value is -2.57. The summed E-state index contributed by atoms with van der Waals surface area (Å²) in [6.45, 7) is 8.14. The van der Waals surface area contributed by atoms with Gasteiger partial charge in [-0.25, -0.2) is 4.79 Å². The minimum atomic E-state index is -0.391. The largest absolute Gasteiger partial charge is 0.490 e. The van der Waals surface area contributed by atoms with Crippen molar-refractivity contribution in [3.8, 4) is 11.5 Å². The number of nitrogens with zero attached hydrogens (tertiary/aromatic N) is 1. The van der Waals surface area contributed by atoms with Gasteiger partial charge in [0.1, 0.15) is 12.7 Å². The number of carbonyl (C=O) groups excluding carboxylic acids is 1. The quantitative estimate of drug-likeness (QED) is 0.601. The van der Waals surface area contributed by atoms with Crippen molar-refractivity contribution in [2.45, 2.75) is 26.5 Å². The summed E-state index contributed by atoms with van der Waals surface area (Å²) in [4.78, 5) is 14.8. The second kappa shape index (κ2) is 10.8. The average Bonchev–Trinajstić information content (AvgIpc) is 2.74. The van der Waals surface area contributed by atoms with Gasteiger partial charge in [-0.15, -0.1) is 0 Å². The predicted octanol–water partition coefficient (Wildman–Crippen LogP) is 3.54. The van der Waals surface area contributed by atoms with Crippen LogP contribution in [0.15, 0.2) is 48.5 Å². The lowest BCUT2D eigenvalue weighted by molar-refractivity contribution is -0.0612. The van der Waals surface area contributed by atoms with Crippen LogP contribution in [0.3, 0.4) is 0 Å². The second-order valence-electron chi connectivity index (χ2n) is 6.84. The van der Waals surface area contributed by atoms with E-state index in [0.717, 1.165) is 19.6 Å². The number of ether oxygens (including phenoxy) is 4. The molecule has 0 aromatic heterocycles. The van der Waals surface area contributed by atoms with E-state index < -0.39 is 5.97 Å². The zero-order valence-corrected chi connectivity index (χ0v) is 17.1. The summed E-state index contributed by atoms with van der Waals surface area (Å²) in [6, 6.07) is 15.4. The van der Waals surface area contributed by atoms with E-state index in [1.165, 1.54) is 5.56 Å². The van der Waals surface area contributed by atoms with E-state index in [0.29, 0.717) is 36.9 Å². The Kier molecular flexibility index (Phi) is 7.90. The van der Waals surface area contributed by atoms with Crippen LogP contribution in [0.25, 0.3) is 0 Å². The van der Waals surface area contributed by atoms with Gasteiger partial charge in [-0.3, -0.25) is 4.90 Å². The van der Waals surface area contributed by atoms with Gasteiger partial charge in [0.05, 0.1) is 25.4 Å². The van der Waals surface area contributed by atoms with E-state index >= 15 is 0 Å². The molecule has 1 unspecified atom stereocenters. The topological polar surface area (TPSA) is 57.2 Å². The molecule has 156 valence electrons. The Balaban J connectivity index is 1.53. The van der Waals surface area contributed by atoms with Crippen LogP contribution in [0.2, 0.25) is 0 Å². The minimum absolute atomic E-state index is 0.134. The highest BCUT2D eigenvalue weighted by Gasteiger charge is 2.22. The monoisotopic (exact) mass is 399 g/mol. The van der Waals surface area contributed by atoms with E-state index in [2.05, 4.69) is 17.0 Å². The Morgan fingerprint density at radius 1 is 1.07 bits per heavy atom. The average molecular weight is 399 g/mol. The fourth-order valence-electron chi connectivity index (χ4n) is 3.30. The molecule has 6 heteroatoms. The van der Waals surface area contributed by atoms with Crippen LogP contribution >= 0.6 is 0 Å². The van der Waals surface area contributed by atoms with Crippen LogP contribution in [0.1, 0.15) is 29.8 Å². The molecule has 3 rings (SSSR count). The summed E-state index contributed by atoms with van der Waals surface area (Å²) in [5.41, 5.74) is 1.71. The zero-order chi connectivity index (χ0) is 20.5. The molecule has 0 amide bonds. The summed E-state index contributed by atoms with van der Waals surface area (Å²) >= 11 is 0. The van der Waals surface area contributed by atoms with Gasteiger partial charge >= 0.3 is 5.97 Å². The highest BCUT2D eigenvalue weighted by Crippen LogP contribution is 2.28. The van der Waals surface area contributed by atoms with E-state index in [-0.39, 0.29) is 12.7 Å². The van der Waals surface area contributed by atoms with Crippen molar-refractivity contribution in [3.63, 3.8) is 0 Å². The predicted molar refractivity (Wildman–Crippen MR) is 111 cm³/mol. The standard InChI is InChI=1S/C23H29NO5/c1-3-26-21-11-10-19(14-22(21)27-4-2)23(25)29-17-20-16-24(12-13-28-20)15-18-8-6-5-7-9-18/h5-11,14,20H,3-4,12-13,15-17H2,1-2H3. The first-order valence-corrected chi connectivity index (χ1v) is 10.1. The van der Waals surface area contributed by atoms with Crippen LogP contribution in [-0.2, 0) is 16.0 Å². The first-order valence-electron chi connectivity index (χ1n) is 10.1. The molecule has 29 heavy (non-hydrogen) atoms. The molecular formula is C23H29NO5. The lowest BCUT2D eigenvalue weighted by Crippen LogP contribution is -2.44. The van der Waals surface area contributed by atoms with Crippen LogP contribution in [0.4, 0.5) is 0 Å². The van der Waals surface area contributed by atoms with Crippen molar-refractivity contribution >= 4 is 5.97 Å². The maximum atomic E-state index is 12.5. The van der Waals surface area contributed by atoms with Crippen LogP contribution in [0.5, 0.6) is 11.5 Å². The molecule has 1 saturated heterocycles. The van der Waals surface area contributed by atoms with Crippen molar-refractivity contribution in [1.29, 1.82) is 0 Å². The fourth-order valence-corrected chi connectivity index (χ4v) is 3.30. The SMILES string of the molecule is CCOc1ccc(C(=O)OCC2CN(Cc3ccccc3)CCO2)cc1OCC. The van der Waals surface area contributed by atoms with Gasteiger partial charge in [0.2, 0.25) is 0 Å². The molecule has 0 aliphatic carbocycles. The first kappa shape index (κ1) is 21.1. The molecule has 0 bridgehead atoms. The van der Waals surface area contributed by atoms with Crippen molar-refractivity contribution in [1.82, 2.24) is 4.90 Å². The van der Waals surface area contributed by atoms with Gasteiger partial charge < -0.3 is 18.9 Å². The third-order valence-corrected chi connectivity index (χ3v) is 4.65. The summed E-state index contributed by atoms with van der Waals surface area (Å²) < 4.78 is 22.4. The molecule has 0 radical (unpaired) electrons. The van der Waals surface area contributed by atoms with Crippen molar-refractivity contribution < 1.29 is 23.7 Å². The molecule has 1 heterocycles. The van der Waals surface area contributed by atoms with E-state index in [1.807, 2.05) is 32.0 Å². The van der Waals surface area contributed by atoms with Crippen LogP contribution in [-0.4, -0.2) is 56.5 Å². The third kappa shape index (κ3) is 6.21. The van der Waals surface area contributed by atoms with Crippen LogP contribution in [0, 0.1) is 0 Å². The van der Waals surface area contributed by atoms with Gasteiger partial charge in [-0.1, -0.05) is 30.3 Å². The highest BCUT2D eigenvalue weighted by molar-refractivity contribution is 5.90. The van der Waals surface area contributed by atoms with Gasteiger partial charge in [-0.2, -0.15) is 0 Å². The molecule has 2 aromatic carbocycles. The molecule has 1 atom stereocenters. The molecule has 0 N–H and O–H groups in total. The molecular weight excluding hydrogens is 370 g/mol. The fraction of sp³-hybridized carbons (Fsp3) is 0.435. The molecule has 2 aromatic rings. The Morgan fingerprint density at radius 3 is 2.59 bits per heavy atom. The number of hydrogen-bond donors (Lipinski definition) is 0. The summed E-state index contributed by atoms with van der Waals surface area (Å²) in [6.07, 6.45) is -0.134. The maximum Gasteiger partial charge on any atom is 0.338 e. The third-order valence-electron chi connectivity index (χ3n) is 4.65. The number of carbonyl (C=O) groups is 1. The van der Waals surface area contributed by atoms with Gasteiger partial charge in [-0.05, 0) is 37.6 Å². The summed E-state index contributed by atoms with van der Waals surface area (Å²) in [5.74, 6) is 0.780. The van der Waals surface area contributed by atoms with E-state index in [1.54, 1.807) is 18.2 Å². The first-order chi connectivity index (χ1) is 14.2. The molecule has 1 aliphatic heterocycles. The van der Waals surface area contributed by atoms with Gasteiger partial charge in [0.15, 0.2) is 11.5 Å². The molecule has 0 saturated carbocycles. The Morgan fingerprint density at radius 2 is 1.83 bits per heavy atom. The van der Waals surface area contributed by atoms with Gasteiger partial charge in [0.25, 0.3) is 0 Å². The second-order valence-corrected chi connectivity index (χ2v) is 6.84. The Labute approximate surface area is 172 Å². The normalized spacial score (nSPS) is 17.0. The number of benzene rings is 2. The lowest BCUT2D eigenvalue weighted by Gasteiger charge is -2.32. The maximum absolute atomic E-state index is 12.5. The van der Waals surface area contributed by atoms with E-state index in [9.17, 15) is 4.79 Å². The summed E-state index contributed by atoms with van der Waals surface area (Å²) in [5, 5.41) is 0. The van der Waals surface area contributed by atoms with Crippen molar-refractivity contribution in [2.75, 3.05) is 39.5 Å². The van der Waals surface area contributed by atoms with E-state index in [4.69, 9.17) is 18.9 Å². The number of morpholine rings is 1. The number of rotatable bonds is 9. The minimum Gasteiger partial charge on any atom is -0.490 e. The lowest BCUT2D eigenvalue weighted by atomic mass is 10.2. The highest BCUT2D eigenvalue weighted by atomic mass is 16.6. The zero-order valence-electron chi connectivity index (χ0n) is 17.1. The molecule has 1 aliphatic rings. The molecule has 1 fully saturated rings. The smallest absolute Gasteiger partial charge is 0.338 e. The summed E-state index contributed by atoms with van der Waals surface area (Å²) in [7, 11) is 0. The Bertz CT molecular complexity index is 780. The number of esters is 1. The van der Waals surface area contributed by atoms with Gasteiger partial charge in [0, 0.05) is 19.6 Å². The van der Waals surface area contributed by atoms with Crippen molar-refractivity contribution in [3.05, 3.63) is 59.7 Å². The molecule has 0 spiro atoms.